The van der Waals surface area contributed by atoms with Gasteiger partial charge in [0.2, 0.25) is 5.91 Å². The predicted octanol–water partition coefficient (Wildman–Crippen LogP) is 0.929. The molecule has 1 aliphatic heterocycles. The Balaban J connectivity index is 1.85. The van der Waals surface area contributed by atoms with E-state index in [0.29, 0.717) is 5.91 Å². The Kier molecular flexibility index (Phi) is 5.01. The van der Waals surface area contributed by atoms with Gasteiger partial charge in [0.25, 0.3) is 0 Å². The molecule has 2 aliphatic rings. The van der Waals surface area contributed by atoms with E-state index in [1.807, 2.05) is 4.90 Å². The maximum atomic E-state index is 12.4. The minimum Gasteiger partial charge on any atom is -0.339 e. The molecule has 1 N–H and O–H groups in total. The Bertz CT molecular complexity index is 272. The van der Waals surface area contributed by atoms with E-state index in [4.69, 9.17) is 0 Å². The average Bonchev–Trinajstić information content (AvgIpc) is 2.37. The summed E-state index contributed by atoms with van der Waals surface area (Å²) in [7, 11) is 0. The molecule has 0 spiro atoms. The number of nitrogens with zero attached hydrogens (tertiary/aromatic N) is 2. The van der Waals surface area contributed by atoms with Crippen LogP contribution in [0.5, 0.6) is 0 Å². The van der Waals surface area contributed by atoms with E-state index >= 15 is 0 Å². The third kappa shape index (κ3) is 3.23. The first-order chi connectivity index (χ1) is 8.72. The van der Waals surface area contributed by atoms with Crippen LogP contribution in [0.25, 0.3) is 0 Å². The largest absolute Gasteiger partial charge is 0.339 e. The van der Waals surface area contributed by atoms with Gasteiger partial charge in [-0.25, -0.2) is 0 Å². The summed E-state index contributed by atoms with van der Waals surface area (Å²) in [5.41, 5.74) is 0. The maximum Gasteiger partial charge on any atom is 0.239 e. The Hall–Kier alpha value is -0.610. The number of rotatable bonds is 5. The van der Waals surface area contributed by atoms with Crippen molar-refractivity contribution in [3.05, 3.63) is 0 Å². The van der Waals surface area contributed by atoms with Gasteiger partial charge in [0.1, 0.15) is 0 Å². The lowest BCUT2D eigenvalue weighted by Gasteiger charge is -2.37. The molecule has 4 heteroatoms. The molecule has 1 saturated carbocycles. The number of hydrogen-bond acceptors (Lipinski definition) is 3. The van der Waals surface area contributed by atoms with Crippen LogP contribution in [-0.2, 0) is 4.79 Å². The van der Waals surface area contributed by atoms with E-state index in [0.717, 1.165) is 45.2 Å². The minimum atomic E-state index is 0.0497. The van der Waals surface area contributed by atoms with Gasteiger partial charge in [0, 0.05) is 32.7 Å². The number of carbonyl (C=O) groups excluding carboxylic acids is 1. The van der Waals surface area contributed by atoms with E-state index in [-0.39, 0.29) is 6.04 Å². The number of amides is 1. The summed E-state index contributed by atoms with van der Waals surface area (Å²) < 4.78 is 0. The highest BCUT2D eigenvalue weighted by atomic mass is 16.2. The summed E-state index contributed by atoms with van der Waals surface area (Å²) in [5.74, 6) is 1.15. The molecule has 2 fully saturated rings. The molecule has 18 heavy (non-hydrogen) atoms. The van der Waals surface area contributed by atoms with Crippen molar-refractivity contribution in [3.8, 4) is 0 Å². The Morgan fingerprint density at radius 3 is 2.56 bits per heavy atom. The van der Waals surface area contributed by atoms with E-state index in [9.17, 15) is 4.79 Å². The van der Waals surface area contributed by atoms with E-state index in [1.54, 1.807) is 0 Å². The molecule has 1 aliphatic carbocycles. The summed E-state index contributed by atoms with van der Waals surface area (Å²) >= 11 is 0. The predicted molar refractivity (Wildman–Crippen MR) is 73.5 cm³/mol. The Labute approximate surface area is 111 Å². The zero-order valence-corrected chi connectivity index (χ0v) is 11.8. The lowest BCUT2D eigenvalue weighted by molar-refractivity contribution is -0.137. The fourth-order valence-electron chi connectivity index (χ4n) is 2.87. The zero-order valence-electron chi connectivity index (χ0n) is 11.8. The topological polar surface area (TPSA) is 35.6 Å². The van der Waals surface area contributed by atoms with Crippen molar-refractivity contribution in [2.45, 2.75) is 39.2 Å². The molecule has 1 atom stereocenters. The molecule has 2 rings (SSSR count). The van der Waals surface area contributed by atoms with Gasteiger partial charge in [0.05, 0.1) is 6.04 Å². The molecule has 1 unspecified atom stereocenters. The number of nitrogens with one attached hydrogen (secondary N) is 1. The lowest BCUT2D eigenvalue weighted by Crippen LogP contribution is -2.54. The maximum absolute atomic E-state index is 12.4. The number of piperazine rings is 1. The molecule has 0 aromatic carbocycles. The van der Waals surface area contributed by atoms with E-state index in [1.165, 1.54) is 19.3 Å². The highest BCUT2D eigenvalue weighted by molar-refractivity contribution is 5.81. The smallest absolute Gasteiger partial charge is 0.239 e. The SMILES string of the molecule is CCN(CC1CCC1)C(C)C(=O)N1CCNCC1. The molecule has 0 aromatic rings. The second-order valence-electron chi connectivity index (χ2n) is 5.64. The molecule has 1 heterocycles. The van der Waals surface area contributed by atoms with Crippen molar-refractivity contribution in [1.29, 1.82) is 0 Å². The van der Waals surface area contributed by atoms with Crippen molar-refractivity contribution in [1.82, 2.24) is 15.1 Å². The second kappa shape index (κ2) is 6.53. The van der Waals surface area contributed by atoms with Gasteiger partial charge in [-0.15, -0.1) is 0 Å². The molecule has 104 valence electrons. The first-order valence-electron chi connectivity index (χ1n) is 7.46. The highest BCUT2D eigenvalue weighted by Crippen LogP contribution is 2.27. The van der Waals surface area contributed by atoms with Gasteiger partial charge in [-0.3, -0.25) is 9.69 Å². The van der Waals surface area contributed by atoms with Crippen molar-refractivity contribution >= 4 is 5.91 Å². The minimum absolute atomic E-state index is 0.0497. The van der Waals surface area contributed by atoms with Crippen LogP contribution in [0, 0.1) is 5.92 Å². The Morgan fingerprint density at radius 2 is 2.06 bits per heavy atom. The lowest BCUT2D eigenvalue weighted by atomic mass is 9.85. The molecule has 4 nitrogen and oxygen atoms in total. The third-order valence-corrected chi connectivity index (χ3v) is 4.46. The fraction of sp³-hybridized carbons (Fsp3) is 0.929. The molecular weight excluding hydrogens is 226 g/mol. The van der Waals surface area contributed by atoms with Crippen LogP contribution in [0.3, 0.4) is 0 Å². The van der Waals surface area contributed by atoms with Gasteiger partial charge < -0.3 is 10.2 Å². The van der Waals surface area contributed by atoms with E-state index < -0.39 is 0 Å². The summed E-state index contributed by atoms with van der Waals surface area (Å²) in [6.07, 6.45) is 4.08. The highest BCUT2D eigenvalue weighted by Gasteiger charge is 2.29. The second-order valence-corrected chi connectivity index (χ2v) is 5.64. The standard InChI is InChI=1S/C14H27N3O/c1-3-16(11-13-5-4-6-13)12(2)14(18)17-9-7-15-8-10-17/h12-13,15H,3-11H2,1-2H3. The molecule has 0 aromatic heterocycles. The Morgan fingerprint density at radius 1 is 1.39 bits per heavy atom. The number of likely N-dealkylation sites (N-methyl/N-ethyl adjacent to an activating group) is 1. The van der Waals surface area contributed by atoms with Gasteiger partial charge in [-0.1, -0.05) is 13.3 Å². The van der Waals surface area contributed by atoms with Gasteiger partial charge in [-0.05, 0) is 32.2 Å². The monoisotopic (exact) mass is 253 g/mol. The number of carbonyl (C=O) groups is 1. The van der Waals surface area contributed by atoms with Crippen LogP contribution < -0.4 is 5.32 Å². The average molecular weight is 253 g/mol. The molecule has 0 bridgehead atoms. The molecule has 1 saturated heterocycles. The van der Waals surface area contributed by atoms with Crippen LogP contribution in [0.1, 0.15) is 33.1 Å². The van der Waals surface area contributed by atoms with Crippen LogP contribution in [0.2, 0.25) is 0 Å². The fourth-order valence-corrected chi connectivity index (χ4v) is 2.87. The van der Waals surface area contributed by atoms with Crippen molar-refractivity contribution in [3.63, 3.8) is 0 Å². The van der Waals surface area contributed by atoms with Gasteiger partial charge in [-0.2, -0.15) is 0 Å². The summed E-state index contributed by atoms with van der Waals surface area (Å²) in [4.78, 5) is 16.8. The van der Waals surface area contributed by atoms with Crippen LogP contribution in [0.15, 0.2) is 0 Å². The quantitative estimate of drug-likeness (QED) is 0.792. The first kappa shape index (κ1) is 13.8. The molecule has 0 radical (unpaired) electrons. The van der Waals surface area contributed by atoms with Crippen molar-refractivity contribution in [2.75, 3.05) is 39.3 Å². The molecular formula is C14H27N3O. The van der Waals surface area contributed by atoms with E-state index in [2.05, 4.69) is 24.1 Å². The van der Waals surface area contributed by atoms with Crippen molar-refractivity contribution in [2.24, 2.45) is 5.92 Å². The van der Waals surface area contributed by atoms with Gasteiger partial charge >= 0.3 is 0 Å². The van der Waals surface area contributed by atoms with Gasteiger partial charge in [0.15, 0.2) is 0 Å². The first-order valence-corrected chi connectivity index (χ1v) is 7.46. The van der Waals surface area contributed by atoms with Crippen molar-refractivity contribution < 1.29 is 4.79 Å². The summed E-state index contributed by atoms with van der Waals surface area (Å²) in [6, 6.07) is 0.0497. The van der Waals surface area contributed by atoms with Crippen LogP contribution >= 0.6 is 0 Å². The van der Waals surface area contributed by atoms with Crippen LogP contribution in [0.4, 0.5) is 0 Å². The summed E-state index contributed by atoms with van der Waals surface area (Å²) in [5, 5.41) is 3.29. The normalized spacial score (nSPS) is 22.9. The number of hydrogen-bond donors (Lipinski definition) is 1. The third-order valence-electron chi connectivity index (χ3n) is 4.46. The summed E-state index contributed by atoms with van der Waals surface area (Å²) in [6.45, 7) is 9.94. The van der Waals surface area contributed by atoms with Crippen LogP contribution in [-0.4, -0.2) is 61.0 Å². The molecule has 1 amide bonds. The zero-order chi connectivity index (χ0) is 13.0.